The number of benzene rings is 3. The fourth-order valence-corrected chi connectivity index (χ4v) is 4.82. The Morgan fingerprint density at radius 2 is 1.54 bits per heavy atom. The van der Waals surface area contributed by atoms with Gasteiger partial charge in [-0.05, 0) is 55.5 Å². The first-order valence-corrected chi connectivity index (χ1v) is 9.53. The third-order valence-corrected chi connectivity index (χ3v) is 5.93. The van der Waals surface area contributed by atoms with Crippen LogP contribution in [-0.4, -0.2) is 9.55 Å². The van der Waals surface area contributed by atoms with Gasteiger partial charge in [0.05, 0.1) is 11.0 Å². The standard InChI is InChI=1S/C24H20N2/c1-2-8-16(9-3-1)26-21-13-7-5-11-19(21)23-22(26)15-14-18-17-10-4-6-12-20(17)25-24(18)23/h1-4,6,8-10,12,14-15,25H,5,7,11,13H2. The second-order valence-corrected chi connectivity index (χ2v) is 7.36. The van der Waals surface area contributed by atoms with E-state index >= 15 is 0 Å². The van der Waals surface area contributed by atoms with Gasteiger partial charge in [-0.1, -0.05) is 42.5 Å². The van der Waals surface area contributed by atoms with E-state index in [2.05, 4.69) is 76.3 Å². The first-order valence-electron chi connectivity index (χ1n) is 9.53. The summed E-state index contributed by atoms with van der Waals surface area (Å²) in [6.45, 7) is 0. The number of nitrogens with one attached hydrogen (secondary N) is 1. The van der Waals surface area contributed by atoms with Gasteiger partial charge in [-0.2, -0.15) is 0 Å². The van der Waals surface area contributed by atoms with Crippen LogP contribution in [-0.2, 0) is 12.8 Å². The van der Waals surface area contributed by atoms with E-state index in [1.165, 1.54) is 69.8 Å². The lowest BCUT2D eigenvalue weighted by molar-refractivity contribution is 0.667. The molecule has 0 saturated carbocycles. The molecule has 126 valence electrons. The Labute approximate surface area is 152 Å². The quantitative estimate of drug-likeness (QED) is 0.379. The first kappa shape index (κ1) is 14.2. The van der Waals surface area contributed by atoms with Crippen LogP contribution in [0.4, 0.5) is 0 Å². The summed E-state index contributed by atoms with van der Waals surface area (Å²) in [5.41, 5.74) is 8.19. The van der Waals surface area contributed by atoms with Crippen molar-refractivity contribution in [1.82, 2.24) is 9.55 Å². The van der Waals surface area contributed by atoms with E-state index in [9.17, 15) is 0 Å². The summed E-state index contributed by atoms with van der Waals surface area (Å²) in [7, 11) is 0. The highest BCUT2D eigenvalue weighted by atomic mass is 15.0. The molecule has 0 aliphatic heterocycles. The van der Waals surface area contributed by atoms with Gasteiger partial charge in [-0.15, -0.1) is 0 Å². The summed E-state index contributed by atoms with van der Waals surface area (Å²) in [6.07, 6.45) is 4.92. The second kappa shape index (κ2) is 5.25. The van der Waals surface area contributed by atoms with Gasteiger partial charge in [0, 0.05) is 33.1 Å². The molecule has 6 rings (SSSR count). The highest BCUT2D eigenvalue weighted by molar-refractivity contribution is 6.18. The number of aryl methyl sites for hydroxylation is 1. The van der Waals surface area contributed by atoms with Crippen LogP contribution >= 0.6 is 0 Å². The topological polar surface area (TPSA) is 20.7 Å². The van der Waals surface area contributed by atoms with Crippen LogP contribution < -0.4 is 0 Å². The summed E-state index contributed by atoms with van der Waals surface area (Å²) in [5.74, 6) is 0. The summed E-state index contributed by atoms with van der Waals surface area (Å²) >= 11 is 0. The number of nitrogens with zero attached hydrogens (tertiary/aromatic N) is 1. The number of H-pyrrole nitrogens is 1. The number of hydrogen-bond acceptors (Lipinski definition) is 0. The molecule has 2 heterocycles. The summed E-state index contributed by atoms with van der Waals surface area (Å²) in [5, 5.41) is 4.09. The van der Waals surface area contributed by atoms with Crippen molar-refractivity contribution in [3.8, 4) is 5.69 Å². The Balaban J connectivity index is 1.81. The number of fused-ring (bicyclic) bond motifs is 7. The lowest BCUT2D eigenvalue weighted by Crippen LogP contribution is -2.06. The fraction of sp³-hybridized carbons (Fsp3) is 0.167. The predicted molar refractivity (Wildman–Crippen MR) is 109 cm³/mol. The summed E-state index contributed by atoms with van der Waals surface area (Å²) in [4.78, 5) is 3.72. The first-order chi connectivity index (χ1) is 12.9. The summed E-state index contributed by atoms with van der Waals surface area (Å²) in [6, 6.07) is 24.1. The molecule has 0 fully saturated rings. The van der Waals surface area contributed by atoms with Crippen molar-refractivity contribution in [3.63, 3.8) is 0 Å². The Morgan fingerprint density at radius 3 is 2.46 bits per heavy atom. The average Bonchev–Trinajstić information content (AvgIpc) is 3.24. The Hall–Kier alpha value is -3.00. The van der Waals surface area contributed by atoms with Crippen LogP contribution in [0.3, 0.4) is 0 Å². The van der Waals surface area contributed by atoms with E-state index in [4.69, 9.17) is 0 Å². The average molecular weight is 336 g/mol. The maximum absolute atomic E-state index is 3.72. The minimum absolute atomic E-state index is 1.17. The Morgan fingerprint density at radius 1 is 0.731 bits per heavy atom. The molecule has 0 saturated heterocycles. The molecular weight excluding hydrogens is 316 g/mol. The predicted octanol–water partition coefficient (Wildman–Crippen LogP) is 6.14. The molecule has 2 heteroatoms. The molecule has 2 aromatic heterocycles. The van der Waals surface area contributed by atoms with Gasteiger partial charge in [0.1, 0.15) is 0 Å². The van der Waals surface area contributed by atoms with E-state index in [-0.39, 0.29) is 0 Å². The number of para-hydroxylation sites is 2. The van der Waals surface area contributed by atoms with Crippen molar-refractivity contribution in [2.24, 2.45) is 0 Å². The van der Waals surface area contributed by atoms with Gasteiger partial charge in [-0.25, -0.2) is 0 Å². The van der Waals surface area contributed by atoms with Gasteiger partial charge in [0.25, 0.3) is 0 Å². The van der Waals surface area contributed by atoms with Crippen LogP contribution in [0.1, 0.15) is 24.1 Å². The highest BCUT2D eigenvalue weighted by Gasteiger charge is 2.23. The minimum atomic E-state index is 1.17. The number of aromatic amines is 1. The van der Waals surface area contributed by atoms with Crippen molar-refractivity contribution in [1.29, 1.82) is 0 Å². The summed E-state index contributed by atoms with van der Waals surface area (Å²) < 4.78 is 2.49. The minimum Gasteiger partial charge on any atom is -0.354 e. The molecule has 26 heavy (non-hydrogen) atoms. The molecule has 0 radical (unpaired) electrons. The SMILES string of the molecule is c1ccc(-n2c3c(c4c5[nH]c6ccccc6c5ccc42)CCCC3)cc1. The molecule has 0 atom stereocenters. The van der Waals surface area contributed by atoms with Crippen LogP contribution in [0.15, 0.2) is 66.7 Å². The van der Waals surface area contributed by atoms with Crippen molar-refractivity contribution < 1.29 is 0 Å². The zero-order valence-corrected chi connectivity index (χ0v) is 14.6. The largest absolute Gasteiger partial charge is 0.354 e. The normalized spacial score (nSPS) is 14.3. The zero-order chi connectivity index (χ0) is 17.1. The van der Waals surface area contributed by atoms with E-state index in [1.54, 1.807) is 5.56 Å². The van der Waals surface area contributed by atoms with Crippen molar-refractivity contribution in [3.05, 3.63) is 78.0 Å². The molecule has 5 aromatic rings. The molecule has 1 aliphatic carbocycles. The Bertz CT molecular complexity index is 1270. The third kappa shape index (κ3) is 1.82. The van der Waals surface area contributed by atoms with Crippen molar-refractivity contribution in [2.75, 3.05) is 0 Å². The zero-order valence-electron chi connectivity index (χ0n) is 14.6. The van der Waals surface area contributed by atoms with Gasteiger partial charge in [-0.3, -0.25) is 0 Å². The molecule has 3 aromatic carbocycles. The van der Waals surface area contributed by atoms with E-state index in [0.717, 1.165) is 0 Å². The maximum atomic E-state index is 3.72. The van der Waals surface area contributed by atoms with Crippen molar-refractivity contribution in [2.45, 2.75) is 25.7 Å². The molecular formula is C24H20N2. The molecule has 1 N–H and O–H groups in total. The monoisotopic (exact) mass is 336 g/mol. The number of hydrogen-bond donors (Lipinski definition) is 1. The van der Waals surface area contributed by atoms with Crippen LogP contribution in [0.25, 0.3) is 38.4 Å². The van der Waals surface area contributed by atoms with Crippen LogP contribution in [0.2, 0.25) is 0 Å². The molecule has 1 aliphatic rings. The number of rotatable bonds is 1. The highest BCUT2D eigenvalue weighted by Crippen LogP contribution is 2.40. The lowest BCUT2D eigenvalue weighted by atomic mass is 9.95. The van der Waals surface area contributed by atoms with E-state index in [1.807, 2.05) is 0 Å². The number of aromatic nitrogens is 2. The molecule has 0 unspecified atom stereocenters. The van der Waals surface area contributed by atoms with Crippen LogP contribution in [0, 0.1) is 0 Å². The molecule has 2 nitrogen and oxygen atoms in total. The Kier molecular flexibility index (Phi) is 2.87. The lowest BCUT2D eigenvalue weighted by Gasteiger charge is -2.16. The molecule has 0 amide bonds. The van der Waals surface area contributed by atoms with Gasteiger partial charge < -0.3 is 9.55 Å². The van der Waals surface area contributed by atoms with Gasteiger partial charge >= 0.3 is 0 Å². The van der Waals surface area contributed by atoms with E-state index < -0.39 is 0 Å². The van der Waals surface area contributed by atoms with Crippen molar-refractivity contribution >= 4 is 32.7 Å². The molecule has 0 bridgehead atoms. The second-order valence-electron chi connectivity index (χ2n) is 7.36. The van der Waals surface area contributed by atoms with Gasteiger partial charge in [0.2, 0.25) is 0 Å². The smallest absolute Gasteiger partial charge is 0.0563 e. The third-order valence-electron chi connectivity index (χ3n) is 5.93. The van der Waals surface area contributed by atoms with E-state index in [0.29, 0.717) is 0 Å². The molecule has 0 spiro atoms. The maximum Gasteiger partial charge on any atom is 0.0563 e. The van der Waals surface area contributed by atoms with Gasteiger partial charge in [0.15, 0.2) is 0 Å². The van der Waals surface area contributed by atoms with Crippen LogP contribution in [0.5, 0.6) is 0 Å². The fourth-order valence-electron chi connectivity index (χ4n) is 4.82.